The van der Waals surface area contributed by atoms with Gasteiger partial charge in [-0.1, -0.05) is 0 Å². The topological polar surface area (TPSA) is 80.1 Å². The molecule has 0 saturated carbocycles. The number of piperidine rings is 2. The number of thiazole rings is 1. The number of aromatic nitrogens is 1. The summed E-state index contributed by atoms with van der Waals surface area (Å²) in [6.07, 6.45) is -5.75. The lowest BCUT2D eigenvalue weighted by atomic mass is 9.95. The van der Waals surface area contributed by atoms with E-state index in [-0.39, 0.29) is 19.0 Å². The van der Waals surface area contributed by atoms with Gasteiger partial charge in [0.1, 0.15) is 6.10 Å². The van der Waals surface area contributed by atoms with Gasteiger partial charge < -0.3 is 20.2 Å². The first-order valence-electron chi connectivity index (χ1n) is 8.28. The molecule has 142 valence electrons. The first kappa shape index (κ1) is 18.8. The monoisotopic (exact) mass is 381 g/mol. The normalized spacial score (nSPS) is 32.2. The van der Waals surface area contributed by atoms with Crippen LogP contribution in [0.15, 0.2) is 5.38 Å². The minimum atomic E-state index is -4.43. The first-order valence-corrected chi connectivity index (χ1v) is 9.16. The maximum Gasteiger partial charge on any atom is 0.434 e. The second kappa shape index (κ2) is 7.36. The zero-order valence-corrected chi connectivity index (χ0v) is 14.4. The van der Waals surface area contributed by atoms with E-state index in [0.29, 0.717) is 24.8 Å². The van der Waals surface area contributed by atoms with Gasteiger partial charge in [-0.3, -0.25) is 4.90 Å². The molecule has 3 N–H and O–H groups in total. The zero-order valence-electron chi connectivity index (χ0n) is 13.6. The van der Waals surface area contributed by atoms with Gasteiger partial charge in [0.15, 0.2) is 10.8 Å². The van der Waals surface area contributed by atoms with Gasteiger partial charge in [0.05, 0.1) is 12.2 Å². The van der Waals surface area contributed by atoms with Crippen molar-refractivity contribution in [3.8, 4) is 0 Å². The summed E-state index contributed by atoms with van der Waals surface area (Å²) in [5, 5.41) is 30.6. The Labute approximate surface area is 147 Å². The Morgan fingerprint density at radius 3 is 2.44 bits per heavy atom. The summed E-state index contributed by atoms with van der Waals surface area (Å²) in [6.45, 7) is 2.45. The van der Waals surface area contributed by atoms with E-state index in [2.05, 4.69) is 4.98 Å². The van der Waals surface area contributed by atoms with E-state index in [4.69, 9.17) is 0 Å². The van der Waals surface area contributed by atoms with Gasteiger partial charge in [0.2, 0.25) is 0 Å². The van der Waals surface area contributed by atoms with Crippen molar-refractivity contribution < 1.29 is 28.5 Å². The molecule has 0 spiro atoms. The van der Waals surface area contributed by atoms with Crippen molar-refractivity contribution in [3.63, 3.8) is 0 Å². The summed E-state index contributed by atoms with van der Waals surface area (Å²) >= 11 is 1.00. The van der Waals surface area contributed by atoms with Crippen LogP contribution in [0.25, 0.3) is 0 Å². The van der Waals surface area contributed by atoms with E-state index in [1.165, 1.54) is 0 Å². The van der Waals surface area contributed by atoms with Crippen LogP contribution in [0.5, 0.6) is 0 Å². The summed E-state index contributed by atoms with van der Waals surface area (Å²) in [7, 11) is 0. The molecule has 0 aromatic carbocycles. The minimum absolute atomic E-state index is 0.210. The maximum absolute atomic E-state index is 12.7. The number of aliphatic hydroxyl groups excluding tert-OH is 3. The van der Waals surface area contributed by atoms with Crippen molar-refractivity contribution in [2.45, 2.75) is 37.3 Å². The predicted molar refractivity (Wildman–Crippen MR) is 86.5 cm³/mol. The van der Waals surface area contributed by atoms with Gasteiger partial charge in [-0.25, -0.2) is 4.98 Å². The smallest absolute Gasteiger partial charge is 0.389 e. The quantitative estimate of drug-likeness (QED) is 0.718. The fourth-order valence-electron chi connectivity index (χ4n) is 3.52. The Hall–Kier alpha value is -0.940. The van der Waals surface area contributed by atoms with Crippen molar-refractivity contribution in [1.29, 1.82) is 0 Å². The average Bonchev–Trinajstić information content (AvgIpc) is 3.03. The van der Waals surface area contributed by atoms with Gasteiger partial charge >= 0.3 is 6.18 Å². The number of alkyl halides is 3. The largest absolute Gasteiger partial charge is 0.434 e. The summed E-state index contributed by atoms with van der Waals surface area (Å²) in [5.74, 6) is 0.210. The van der Waals surface area contributed by atoms with Gasteiger partial charge in [0, 0.05) is 38.1 Å². The summed E-state index contributed by atoms with van der Waals surface area (Å²) < 4.78 is 38.1. The molecule has 2 aliphatic heterocycles. The zero-order chi connectivity index (χ0) is 18.2. The number of β-amino-alcohol motifs (C(OH)–C–C–N with tert-alkyl or cyclic N) is 2. The molecule has 0 radical (unpaired) electrons. The number of halogens is 3. The highest BCUT2D eigenvalue weighted by Gasteiger charge is 2.36. The second-order valence-electron chi connectivity index (χ2n) is 6.81. The summed E-state index contributed by atoms with van der Waals surface area (Å²) in [6, 6.07) is 0. The Bertz CT molecular complexity index is 574. The van der Waals surface area contributed by atoms with E-state index in [0.717, 1.165) is 29.6 Å². The predicted octanol–water partition coefficient (Wildman–Crippen LogP) is 0.777. The van der Waals surface area contributed by atoms with Crippen molar-refractivity contribution in [2.75, 3.05) is 37.6 Å². The van der Waals surface area contributed by atoms with Gasteiger partial charge in [-0.2, -0.15) is 13.2 Å². The third-order valence-electron chi connectivity index (χ3n) is 4.77. The molecule has 3 heterocycles. The Morgan fingerprint density at radius 2 is 1.84 bits per heavy atom. The van der Waals surface area contributed by atoms with E-state index in [9.17, 15) is 28.5 Å². The van der Waals surface area contributed by atoms with E-state index in [1.807, 2.05) is 9.80 Å². The SMILES string of the molecule is OC1[C@H](O)CN(C[C@H]2CCCN(c3nc(C(F)(F)F)cs3)C2)C[C@@H]1O. The molecule has 25 heavy (non-hydrogen) atoms. The number of anilines is 1. The van der Waals surface area contributed by atoms with Crippen LogP contribution >= 0.6 is 11.3 Å². The van der Waals surface area contributed by atoms with Crippen molar-refractivity contribution in [3.05, 3.63) is 11.1 Å². The van der Waals surface area contributed by atoms with Crippen LogP contribution in [0.2, 0.25) is 0 Å². The molecular weight excluding hydrogens is 359 g/mol. The summed E-state index contributed by atoms with van der Waals surface area (Å²) in [4.78, 5) is 7.49. The van der Waals surface area contributed by atoms with Gasteiger partial charge in [-0.15, -0.1) is 11.3 Å². The fourth-order valence-corrected chi connectivity index (χ4v) is 4.39. The van der Waals surface area contributed by atoms with Crippen LogP contribution in [0, 0.1) is 5.92 Å². The van der Waals surface area contributed by atoms with E-state index in [1.54, 1.807) is 0 Å². The first-order chi connectivity index (χ1) is 11.7. The van der Waals surface area contributed by atoms with E-state index < -0.39 is 30.2 Å². The molecule has 2 fully saturated rings. The molecule has 0 aliphatic carbocycles. The highest BCUT2D eigenvalue weighted by atomic mass is 32.1. The molecule has 4 atom stereocenters. The molecule has 1 unspecified atom stereocenters. The van der Waals surface area contributed by atoms with Crippen LogP contribution in [-0.2, 0) is 6.18 Å². The second-order valence-corrected chi connectivity index (χ2v) is 7.65. The summed E-state index contributed by atoms with van der Waals surface area (Å²) in [5.41, 5.74) is -0.856. The molecule has 1 aromatic heterocycles. The number of likely N-dealkylation sites (tertiary alicyclic amines) is 1. The number of hydrogen-bond donors (Lipinski definition) is 3. The Morgan fingerprint density at radius 1 is 1.16 bits per heavy atom. The Balaban J connectivity index is 1.59. The molecule has 10 heteroatoms. The molecule has 3 rings (SSSR count). The molecule has 6 nitrogen and oxygen atoms in total. The minimum Gasteiger partial charge on any atom is -0.389 e. The number of rotatable bonds is 3. The highest BCUT2D eigenvalue weighted by molar-refractivity contribution is 7.13. The Kier molecular flexibility index (Phi) is 5.54. The molecular formula is C15H22F3N3O3S. The van der Waals surface area contributed by atoms with Gasteiger partial charge in [0.25, 0.3) is 0 Å². The number of nitrogens with zero attached hydrogens (tertiary/aromatic N) is 3. The molecule has 1 aromatic rings. The number of hydrogen-bond acceptors (Lipinski definition) is 7. The van der Waals surface area contributed by atoms with Crippen LogP contribution in [0.3, 0.4) is 0 Å². The van der Waals surface area contributed by atoms with Crippen molar-refractivity contribution in [2.24, 2.45) is 5.92 Å². The highest BCUT2D eigenvalue weighted by Crippen LogP contribution is 2.34. The molecule has 2 aliphatic rings. The third kappa shape index (κ3) is 4.43. The lowest BCUT2D eigenvalue weighted by molar-refractivity contribution is -0.140. The van der Waals surface area contributed by atoms with Crippen LogP contribution in [0.4, 0.5) is 18.3 Å². The van der Waals surface area contributed by atoms with Crippen LogP contribution in [0.1, 0.15) is 18.5 Å². The molecule has 0 amide bonds. The lowest BCUT2D eigenvalue weighted by Gasteiger charge is -2.40. The fraction of sp³-hybridized carbons (Fsp3) is 0.800. The van der Waals surface area contributed by atoms with E-state index >= 15 is 0 Å². The van der Waals surface area contributed by atoms with Crippen molar-refractivity contribution in [1.82, 2.24) is 9.88 Å². The maximum atomic E-state index is 12.7. The van der Waals surface area contributed by atoms with Crippen LogP contribution in [-0.4, -0.2) is 76.2 Å². The number of aliphatic hydroxyl groups is 3. The lowest BCUT2D eigenvalue weighted by Crippen LogP contribution is -2.56. The standard InChI is InChI=1S/C15H22F3N3O3S/c16-15(17,18)12-8-25-14(19-12)21-3-1-2-9(5-21)4-20-6-10(22)13(24)11(23)7-20/h8-11,13,22-24H,1-7H2/t9-,10-,11+,13?/m1/s1. The van der Waals surface area contributed by atoms with Crippen LogP contribution < -0.4 is 4.90 Å². The van der Waals surface area contributed by atoms with Gasteiger partial charge in [-0.05, 0) is 18.8 Å². The molecule has 0 bridgehead atoms. The average molecular weight is 381 g/mol. The van der Waals surface area contributed by atoms with Crippen molar-refractivity contribution >= 4 is 16.5 Å². The molecule has 2 saturated heterocycles. The third-order valence-corrected chi connectivity index (χ3v) is 5.67.